The molecule has 0 unspecified atom stereocenters. The first-order valence-electron chi connectivity index (χ1n) is 7.79. The normalized spacial score (nSPS) is 12.4. The molecular weight excluding hydrogens is 304 g/mol. The first-order valence-corrected chi connectivity index (χ1v) is 8.61. The summed E-state index contributed by atoms with van der Waals surface area (Å²) >= 11 is 1.28. The van der Waals surface area contributed by atoms with Crippen LogP contribution in [0.3, 0.4) is 0 Å². The molecule has 0 saturated carbocycles. The molecule has 0 saturated heterocycles. The van der Waals surface area contributed by atoms with Crippen molar-refractivity contribution in [2.24, 2.45) is 0 Å². The van der Waals surface area contributed by atoms with Gasteiger partial charge in [-0.3, -0.25) is 0 Å². The van der Waals surface area contributed by atoms with Gasteiger partial charge in [0.1, 0.15) is 0 Å². The molecule has 0 amide bonds. The van der Waals surface area contributed by atoms with Crippen molar-refractivity contribution < 1.29 is 10.2 Å². The molecule has 2 rings (SSSR count). The molecule has 3 heteroatoms. The summed E-state index contributed by atoms with van der Waals surface area (Å²) in [5.41, 5.74) is 2.13. The van der Waals surface area contributed by atoms with Crippen LogP contribution in [0.15, 0.2) is 46.2 Å². The monoisotopic (exact) mass is 328 g/mol. The highest BCUT2D eigenvalue weighted by atomic mass is 32.2. The van der Waals surface area contributed by atoms with E-state index >= 15 is 0 Å². The van der Waals surface area contributed by atoms with Crippen molar-refractivity contribution in [2.75, 3.05) is 0 Å². The van der Waals surface area contributed by atoms with E-state index in [1.54, 1.807) is 12.1 Å². The van der Waals surface area contributed by atoms with Gasteiger partial charge in [-0.05, 0) is 34.1 Å². The minimum atomic E-state index is -0.0384. The Morgan fingerprint density at radius 2 is 1.00 bits per heavy atom. The van der Waals surface area contributed by atoms with Gasteiger partial charge in [-0.15, -0.1) is 0 Å². The molecule has 124 valence electrons. The Morgan fingerprint density at radius 1 is 0.652 bits per heavy atom. The van der Waals surface area contributed by atoms with Crippen molar-refractivity contribution in [3.8, 4) is 11.5 Å². The van der Waals surface area contributed by atoms with E-state index in [2.05, 4.69) is 41.5 Å². The smallest absolute Gasteiger partial charge is 0.00459 e. The molecule has 2 nitrogen and oxygen atoms in total. The zero-order valence-corrected chi connectivity index (χ0v) is 15.5. The van der Waals surface area contributed by atoms with Crippen LogP contribution in [0.25, 0.3) is 0 Å². The molecule has 0 aliphatic heterocycles. The second-order valence-corrected chi connectivity index (χ2v) is 9.01. The van der Waals surface area contributed by atoms with Crippen molar-refractivity contribution in [1.29, 1.82) is 0 Å². The largest absolute Gasteiger partial charge is 0.872 e. The fraction of sp³-hybridized carbons (Fsp3) is 0.400. The summed E-state index contributed by atoms with van der Waals surface area (Å²) in [6.07, 6.45) is 0. The first-order chi connectivity index (χ1) is 10.5. The molecule has 0 aliphatic carbocycles. The Morgan fingerprint density at radius 3 is 1.30 bits per heavy atom. The maximum absolute atomic E-state index is 12.2. The van der Waals surface area contributed by atoms with Crippen molar-refractivity contribution in [3.05, 3.63) is 47.5 Å². The van der Waals surface area contributed by atoms with Crippen LogP contribution >= 0.6 is 11.8 Å². The molecule has 0 spiro atoms. The lowest BCUT2D eigenvalue weighted by molar-refractivity contribution is -0.272. The van der Waals surface area contributed by atoms with Gasteiger partial charge in [-0.1, -0.05) is 89.1 Å². The quantitative estimate of drug-likeness (QED) is 0.810. The second-order valence-electron chi connectivity index (χ2n) is 7.93. The number of hydrogen-bond acceptors (Lipinski definition) is 3. The molecule has 0 atom stereocenters. The summed E-state index contributed by atoms with van der Waals surface area (Å²) in [7, 11) is 0. The van der Waals surface area contributed by atoms with Crippen LogP contribution in [-0.2, 0) is 10.8 Å². The van der Waals surface area contributed by atoms with Gasteiger partial charge < -0.3 is 10.2 Å². The van der Waals surface area contributed by atoms with Gasteiger partial charge in [0.05, 0.1) is 0 Å². The molecular formula is C20H24O2S-2. The summed E-state index contributed by atoms with van der Waals surface area (Å²) in [6, 6.07) is 10.8. The molecule has 0 radical (unpaired) electrons. The van der Waals surface area contributed by atoms with E-state index in [0.717, 1.165) is 11.1 Å². The highest BCUT2D eigenvalue weighted by Gasteiger charge is 2.16. The summed E-state index contributed by atoms with van der Waals surface area (Å²) in [5.74, 6) is -0.0767. The Labute approximate surface area is 143 Å². The third-order valence-electron chi connectivity index (χ3n) is 3.84. The summed E-state index contributed by atoms with van der Waals surface area (Å²) in [6.45, 7) is 12.7. The number of hydrogen-bond donors (Lipinski definition) is 0. The Hall–Kier alpha value is -1.61. The second kappa shape index (κ2) is 6.12. The Balaban J connectivity index is 2.43. The maximum atomic E-state index is 12.2. The van der Waals surface area contributed by atoms with Crippen LogP contribution in [-0.4, -0.2) is 0 Å². The van der Waals surface area contributed by atoms with Gasteiger partial charge >= 0.3 is 0 Å². The minimum Gasteiger partial charge on any atom is -0.872 e. The summed E-state index contributed by atoms with van der Waals surface area (Å²) < 4.78 is 0. The van der Waals surface area contributed by atoms with E-state index in [1.165, 1.54) is 11.8 Å². The van der Waals surface area contributed by atoms with Crippen molar-refractivity contribution in [1.82, 2.24) is 0 Å². The lowest BCUT2D eigenvalue weighted by atomic mass is 9.87. The third-order valence-corrected chi connectivity index (χ3v) is 4.92. The highest BCUT2D eigenvalue weighted by molar-refractivity contribution is 7.99. The SMILES string of the molecule is CC(C)(C)c1ccc([O-])c(Sc2cc(C(C)(C)C)ccc2[O-])c1. The lowest BCUT2D eigenvalue weighted by Crippen LogP contribution is -2.12. The Bertz CT molecular complexity index is 645. The van der Waals surface area contributed by atoms with Gasteiger partial charge in [0, 0.05) is 9.79 Å². The van der Waals surface area contributed by atoms with Crippen molar-refractivity contribution >= 4 is 11.8 Å². The summed E-state index contributed by atoms with van der Waals surface area (Å²) in [4.78, 5) is 1.22. The minimum absolute atomic E-state index is 0.0312. The molecule has 0 bridgehead atoms. The molecule has 2 aromatic rings. The first kappa shape index (κ1) is 17.7. The van der Waals surface area contributed by atoms with Gasteiger partial charge in [-0.2, -0.15) is 0 Å². The predicted octanol–water partition coefficient (Wildman–Crippen LogP) is 4.58. The maximum Gasteiger partial charge on any atom is 0.00459 e. The molecule has 2 aromatic carbocycles. The van der Waals surface area contributed by atoms with Crippen molar-refractivity contribution in [2.45, 2.75) is 62.2 Å². The van der Waals surface area contributed by atoms with Crippen LogP contribution in [0.2, 0.25) is 0 Å². The van der Waals surface area contributed by atoms with E-state index in [9.17, 15) is 10.2 Å². The topological polar surface area (TPSA) is 46.1 Å². The lowest BCUT2D eigenvalue weighted by Gasteiger charge is -2.25. The molecule has 0 N–H and O–H groups in total. The van der Waals surface area contributed by atoms with E-state index in [-0.39, 0.29) is 22.3 Å². The average Bonchev–Trinajstić information content (AvgIpc) is 2.41. The zero-order valence-electron chi connectivity index (χ0n) is 14.7. The zero-order chi connectivity index (χ0) is 17.4. The van der Waals surface area contributed by atoms with Gasteiger partial charge in [-0.25, -0.2) is 0 Å². The van der Waals surface area contributed by atoms with Crippen molar-refractivity contribution in [3.63, 3.8) is 0 Å². The fourth-order valence-corrected chi connectivity index (χ4v) is 3.17. The van der Waals surface area contributed by atoms with E-state index < -0.39 is 0 Å². The highest BCUT2D eigenvalue weighted by Crippen LogP contribution is 2.40. The molecule has 0 heterocycles. The van der Waals surface area contributed by atoms with Crippen LogP contribution < -0.4 is 10.2 Å². The molecule has 23 heavy (non-hydrogen) atoms. The van der Waals surface area contributed by atoms with Crippen LogP contribution in [0.4, 0.5) is 0 Å². The summed E-state index contributed by atoms with van der Waals surface area (Å²) in [5, 5.41) is 24.3. The van der Waals surface area contributed by atoms with Gasteiger partial charge in [0.2, 0.25) is 0 Å². The van der Waals surface area contributed by atoms with E-state index in [0.29, 0.717) is 9.79 Å². The third kappa shape index (κ3) is 4.23. The standard InChI is InChI=1S/C20H26O2S/c1-19(2,3)13-7-9-15(21)17(11-13)23-18-12-14(20(4,5)6)8-10-16(18)22/h7-12,21-22H,1-6H3/p-2. The van der Waals surface area contributed by atoms with Gasteiger partial charge in [0.15, 0.2) is 0 Å². The predicted molar refractivity (Wildman–Crippen MR) is 93.3 cm³/mol. The number of benzene rings is 2. The fourth-order valence-electron chi connectivity index (χ4n) is 2.23. The van der Waals surface area contributed by atoms with Gasteiger partial charge in [0.25, 0.3) is 0 Å². The number of rotatable bonds is 2. The van der Waals surface area contributed by atoms with E-state index in [4.69, 9.17) is 0 Å². The molecule has 0 aromatic heterocycles. The van der Waals surface area contributed by atoms with Crippen LogP contribution in [0.5, 0.6) is 11.5 Å². The average molecular weight is 328 g/mol. The van der Waals surface area contributed by atoms with Crippen LogP contribution in [0.1, 0.15) is 52.7 Å². The molecule has 0 fully saturated rings. The molecule has 0 aliphatic rings. The van der Waals surface area contributed by atoms with Crippen LogP contribution in [0, 0.1) is 0 Å². The van der Waals surface area contributed by atoms with E-state index in [1.807, 2.05) is 24.3 Å². The Kier molecular flexibility index (Phi) is 4.72.